The van der Waals surface area contributed by atoms with Gasteiger partial charge in [0.2, 0.25) is 0 Å². The third-order valence-corrected chi connectivity index (χ3v) is 7.09. The Labute approximate surface area is 208 Å². The van der Waals surface area contributed by atoms with Gasteiger partial charge in [-0.05, 0) is 44.6 Å². The zero-order chi connectivity index (χ0) is 25.2. The number of carbonyl (C=O) groups excluding carboxylic acids is 3. The third-order valence-electron chi connectivity index (χ3n) is 5.97. The molecular formula is C26H40N2O5S. The minimum Gasteiger partial charge on any atom is -0.465 e. The number of rotatable bonds is 7. The molecule has 0 saturated heterocycles. The summed E-state index contributed by atoms with van der Waals surface area (Å²) < 4.78 is 9.42. The molecule has 190 valence electrons. The van der Waals surface area contributed by atoms with E-state index in [2.05, 4.69) is 4.74 Å². The van der Waals surface area contributed by atoms with Crippen LogP contribution in [0, 0.1) is 17.2 Å². The molecule has 1 heterocycles. The summed E-state index contributed by atoms with van der Waals surface area (Å²) in [6.45, 7) is 4.26. The highest BCUT2D eigenvalue weighted by Gasteiger charge is 2.22. The van der Waals surface area contributed by atoms with Gasteiger partial charge in [0.25, 0.3) is 0 Å². The zero-order valence-electron chi connectivity index (χ0n) is 20.7. The molecule has 0 bridgehead atoms. The van der Waals surface area contributed by atoms with E-state index in [1.54, 1.807) is 24.3 Å². The van der Waals surface area contributed by atoms with Crippen molar-refractivity contribution in [2.75, 3.05) is 18.9 Å². The summed E-state index contributed by atoms with van der Waals surface area (Å²) >= 11 is 1.55. The van der Waals surface area contributed by atoms with Crippen molar-refractivity contribution in [2.24, 2.45) is 5.92 Å². The molecule has 0 atom stereocenters. The van der Waals surface area contributed by atoms with E-state index < -0.39 is 5.97 Å². The summed E-state index contributed by atoms with van der Waals surface area (Å²) in [5.74, 6) is 0.591. The van der Waals surface area contributed by atoms with Crippen LogP contribution in [-0.2, 0) is 19.1 Å². The van der Waals surface area contributed by atoms with Crippen LogP contribution in [-0.4, -0.2) is 31.4 Å². The van der Waals surface area contributed by atoms with Crippen LogP contribution in [0.2, 0.25) is 0 Å². The molecule has 34 heavy (non-hydrogen) atoms. The molecule has 0 unspecified atom stereocenters. The van der Waals surface area contributed by atoms with Gasteiger partial charge in [-0.1, -0.05) is 51.4 Å². The number of ether oxygens (including phenoxy) is 2. The summed E-state index contributed by atoms with van der Waals surface area (Å²) in [5.41, 5.74) is 6.45. The van der Waals surface area contributed by atoms with Crippen LogP contribution in [0.1, 0.15) is 112 Å². The number of anilines is 1. The van der Waals surface area contributed by atoms with Crippen LogP contribution in [0.5, 0.6) is 0 Å². The fourth-order valence-electron chi connectivity index (χ4n) is 4.22. The summed E-state index contributed by atoms with van der Waals surface area (Å²) in [4.78, 5) is 33.2. The molecule has 0 spiro atoms. The quantitative estimate of drug-likeness (QED) is 0.357. The van der Waals surface area contributed by atoms with Crippen LogP contribution < -0.4 is 5.73 Å². The topological polar surface area (TPSA) is 119 Å². The lowest BCUT2D eigenvalue weighted by atomic mass is 9.87. The lowest BCUT2D eigenvalue weighted by Gasteiger charge is -2.19. The Bertz CT molecular complexity index is 775. The standard InChI is InChI=1S/C13H19NO2S.C8H14O.C5H7NO2/c1-2-16-13(15)10-8-11(17-12(10)14)9-6-4-3-5-7-9;9-7-6-8-4-2-1-3-5-8;1-2-8-5(7)3-4-6/h8-9H,2-7,14H2,1H3;7-8H,1-6H2;2-3H2,1H3. The van der Waals surface area contributed by atoms with Gasteiger partial charge in [0.1, 0.15) is 17.7 Å². The second-order valence-corrected chi connectivity index (χ2v) is 9.64. The van der Waals surface area contributed by atoms with Crippen molar-refractivity contribution in [3.8, 4) is 6.07 Å². The molecule has 2 aliphatic carbocycles. The van der Waals surface area contributed by atoms with Crippen molar-refractivity contribution in [1.82, 2.24) is 0 Å². The Balaban J connectivity index is 0.000000287. The Morgan fingerprint density at radius 3 is 2.18 bits per heavy atom. The molecule has 7 nitrogen and oxygen atoms in total. The number of carbonyl (C=O) groups is 3. The highest BCUT2D eigenvalue weighted by atomic mass is 32.1. The number of hydrogen-bond donors (Lipinski definition) is 1. The summed E-state index contributed by atoms with van der Waals surface area (Å²) in [7, 11) is 0. The molecule has 0 amide bonds. The fraction of sp³-hybridized carbons (Fsp3) is 0.692. The lowest BCUT2D eigenvalue weighted by Crippen LogP contribution is -2.06. The second kappa shape index (κ2) is 18.0. The van der Waals surface area contributed by atoms with E-state index in [1.807, 2.05) is 13.0 Å². The predicted molar refractivity (Wildman–Crippen MR) is 135 cm³/mol. The smallest absolute Gasteiger partial charge is 0.341 e. The number of nitrogens with two attached hydrogens (primary N) is 1. The van der Waals surface area contributed by atoms with Gasteiger partial charge in [-0.2, -0.15) is 5.26 Å². The number of nitrogen functional groups attached to an aromatic ring is 1. The van der Waals surface area contributed by atoms with Crippen molar-refractivity contribution in [3.63, 3.8) is 0 Å². The fourth-order valence-corrected chi connectivity index (χ4v) is 5.30. The summed E-state index contributed by atoms with van der Waals surface area (Å²) in [6.07, 6.45) is 14.7. The molecule has 0 aliphatic heterocycles. The maximum absolute atomic E-state index is 11.7. The number of aldehydes is 1. The minimum absolute atomic E-state index is 0.145. The molecule has 1 aromatic rings. The normalized spacial score (nSPS) is 16.0. The van der Waals surface area contributed by atoms with Crippen molar-refractivity contribution in [1.29, 1.82) is 5.26 Å². The first-order chi connectivity index (χ1) is 16.5. The van der Waals surface area contributed by atoms with Gasteiger partial charge in [0.15, 0.2) is 0 Å². The van der Waals surface area contributed by atoms with Gasteiger partial charge in [-0.3, -0.25) is 4.79 Å². The molecule has 2 saturated carbocycles. The van der Waals surface area contributed by atoms with Crippen LogP contribution in [0.25, 0.3) is 0 Å². The van der Waals surface area contributed by atoms with E-state index in [1.165, 1.54) is 69.1 Å². The van der Waals surface area contributed by atoms with Crippen molar-refractivity contribution >= 4 is 34.6 Å². The van der Waals surface area contributed by atoms with Crippen LogP contribution in [0.15, 0.2) is 6.07 Å². The monoisotopic (exact) mass is 492 g/mol. The SMILES string of the molecule is CCOC(=O)CC#N.CCOC(=O)c1cc(C2CCCCC2)sc1N.O=CCC1CCCCC1. The van der Waals surface area contributed by atoms with Crippen molar-refractivity contribution in [2.45, 2.75) is 96.8 Å². The number of thiophene rings is 1. The molecule has 2 aliphatic rings. The third kappa shape index (κ3) is 11.6. The number of nitriles is 1. The lowest BCUT2D eigenvalue weighted by molar-refractivity contribution is -0.141. The Morgan fingerprint density at radius 1 is 1.06 bits per heavy atom. The maximum Gasteiger partial charge on any atom is 0.341 e. The van der Waals surface area contributed by atoms with Gasteiger partial charge in [-0.15, -0.1) is 11.3 Å². The average molecular weight is 493 g/mol. The molecule has 2 N–H and O–H groups in total. The molecule has 2 fully saturated rings. The zero-order valence-corrected chi connectivity index (χ0v) is 21.5. The van der Waals surface area contributed by atoms with E-state index in [4.69, 9.17) is 15.7 Å². The second-order valence-electron chi connectivity index (χ2n) is 8.53. The first-order valence-corrected chi connectivity index (χ1v) is 13.3. The van der Waals surface area contributed by atoms with Crippen molar-refractivity contribution < 1.29 is 23.9 Å². The largest absolute Gasteiger partial charge is 0.465 e. The average Bonchev–Trinajstić information content (AvgIpc) is 3.24. The molecular weight excluding hydrogens is 452 g/mol. The van der Waals surface area contributed by atoms with E-state index in [0.29, 0.717) is 29.7 Å². The number of hydrogen-bond acceptors (Lipinski definition) is 8. The van der Waals surface area contributed by atoms with Gasteiger partial charge in [0.05, 0.1) is 24.8 Å². The Hall–Kier alpha value is -2.40. The van der Waals surface area contributed by atoms with Gasteiger partial charge in [-0.25, -0.2) is 4.79 Å². The van der Waals surface area contributed by atoms with Crippen LogP contribution >= 0.6 is 11.3 Å². The first kappa shape index (κ1) is 29.6. The highest BCUT2D eigenvalue weighted by Crippen LogP contribution is 2.39. The van der Waals surface area contributed by atoms with Gasteiger partial charge >= 0.3 is 11.9 Å². The highest BCUT2D eigenvalue weighted by molar-refractivity contribution is 7.16. The summed E-state index contributed by atoms with van der Waals surface area (Å²) in [5, 5.41) is 8.51. The van der Waals surface area contributed by atoms with Crippen LogP contribution in [0.3, 0.4) is 0 Å². The van der Waals surface area contributed by atoms with E-state index >= 15 is 0 Å². The summed E-state index contributed by atoms with van der Waals surface area (Å²) in [6, 6.07) is 3.62. The maximum atomic E-state index is 11.7. The molecule has 0 aromatic carbocycles. The van der Waals surface area contributed by atoms with Gasteiger partial charge in [0, 0.05) is 11.3 Å². The molecule has 0 radical (unpaired) electrons. The van der Waals surface area contributed by atoms with E-state index in [-0.39, 0.29) is 12.4 Å². The Kier molecular flexibility index (Phi) is 15.7. The number of nitrogens with zero attached hydrogens (tertiary/aromatic N) is 1. The molecule has 8 heteroatoms. The Morgan fingerprint density at radius 2 is 1.65 bits per heavy atom. The first-order valence-electron chi connectivity index (χ1n) is 12.5. The molecule has 3 rings (SSSR count). The van der Waals surface area contributed by atoms with Gasteiger partial charge < -0.3 is 20.0 Å². The van der Waals surface area contributed by atoms with E-state index in [0.717, 1.165) is 18.6 Å². The predicted octanol–water partition coefficient (Wildman–Crippen LogP) is 6.17. The van der Waals surface area contributed by atoms with Crippen molar-refractivity contribution in [3.05, 3.63) is 16.5 Å². The molecule has 1 aromatic heterocycles. The number of esters is 2. The minimum atomic E-state index is -0.449. The van der Waals surface area contributed by atoms with Crippen LogP contribution in [0.4, 0.5) is 5.00 Å². The van der Waals surface area contributed by atoms with E-state index in [9.17, 15) is 14.4 Å².